The van der Waals surface area contributed by atoms with Crippen molar-refractivity contribution >= 4 is 27.2 Å². The van der Waals surface area contributed by atoms with Crippen molar-refractivity contribution in [3.05, 3.63) is 181 Å². The largest absolute Gasteiger partial charge is 0.464 e. The molecule has 9 rings (SSSR count). The lowest BCUT2D eigenvalue weighted by Gasteiger charge is -2.13. The summed E-state index contributed by atoms with van der Waals surface area (Å²) in [5.41, 5.74) is 11.4. The maximum atomic E-state index is 9.68. The molecule has 49 heavy (non-hydrogen) atoms. The Labute approximate surface area is 285 Å². The standard InChI is InChI=1S/C46H30N2O/c47-29-30-9-8-13-36(25-30)43-27-38(28-44-45(43)48-46(49-44)35-23-19-32(20-24-35)31-10-2-1-3-11-31)33-17-21-34(22-18-33)42-26-37-12-4-5-14-39(37)40-15-6-7-16-41(40)42/h1-28,46,48H. The van der Waals surface area contributed by atoms with E-state index in [9.17, 15) is 5.26 Å². The van der Waals surface area contributed by atoms with E-state index in [4.69, 9.17) is 4.74 Å². The van der Waals surface area contributed by atoms with E-state index in [1.54, 1.807) is 0 Å². The van der Waals surface area contributed by atoms with E-state index in [0.717, 1.165) is 44.8 Å². The van der Waals surface area contributed by atoms with Crippen molar-refractivity contribution < 1.29 is 4.74 Å². The van der Waals surface area contributed by atoms with E-state index in [-0.39, 0.29) is 6.23 Å². The van der Waals surface area contributed by atoms with Crippen LogP contribution in [0.25, 0.3) is 66.1 Å². The Bertz CT molecular complexity index is 2550. The van der Waals surface area contributed by atoms with Crippen molar-refractivity contribution in [3.63, 3.8) is 0 Å². The lowest BCUT2D eigenvalue weighted by Crippen LogP contribution is -2.10. The van der Waals surface area contributed by atoms with Crippen LogP contribution in [0.15, 0.2) is 170 Å². The van der Waals surface area contributed by atoms with E-state index in [1.807, 2.05) is 24.3 Å². The first-order chi connectivity index (χ1) is 24.2. The average Bonchev–Trinajstić information content (AvgIpc) is 3.62. The third-order valence-corrected chi connectivity index (χ3v) is 9.54. The molecule has 230 valence electrons. The molecule has 0 fully saturated rings. The fourth-order valence-corrected chi connectivity index (χ4v) is 7.06. The van der Waals surface area contributed by atoms with Gasteiger partial charge in [-0.15, -0.1) is 0 Å². The number of benzene rings is 8. The molecule has 1 unspecified atom stereocenters. The smallest absolute Gasteiger partial charge is 0.196 e. The molecule has 1 aliphatic rings. The number of nitrogens with one attached hydrogen (secondary N) is 1. The molecule has 0 saturated carbocycles. The molecule has 3 heteroatoms. The van der Waals surface area contributed by atoms with Gasteiger partial charge in [-0.2, -0.15) is 5.26 Å². The summed E-state index contributed by atoms with van der Waals surface area (Å²) < 4.78 is 6.63. The Morgan fingerprint density at radius 2 is 1.10 bits per heavy atom. The van der Waals surface area contributed by atoms with Crippen LogP contribution in [0.1, 0.15) is 17.4 Å². The fourth-order valence-electron chi connectivity index (χ4n) is 7.06. The van der Waals surface area contributed by atoms with E-state index in [1.165, 1.54) is 38.2 Å². The molecule has 0 amide bonds. The number of anilines is 1. The molecule has 1 heterocycles. The first-order valence-corrected chi connectivity index (χ1v) is 16.5. The van der Waals surface area contributed by atoms with Crippen LogP contribution in [0.2, 0.25) is 0 Å². The minimum Gasteiger partial charge on any atom is -0.464 e. The zero-order chi connectivity index (χ0) is 32.7. The highest BCUT2D eigenvalue weighted by atomic mass is 16.5. The lowest BCUT2D eigenvalue weighted by atomic mass is 9.91. The number of fused-ring (bicyclic) bond motifs is 4. The van der Waals surface area contributed by atoms with Crippen molar-refractivity contribution in [3.8, 4) is 56.3 Å². The molecule has 8 aromatic carbocycles. The van der Waals surface area contributed by atoms with Crippen LogP contribution in [0.4, 0.5) is 5.69 Å². The van der Waals surface area contributed by atoms with Crippen LogP contribution in [-0.2, 0) is 0 Å². The van der Waals surface area contributed by atoms with Crippen molar-refractivity contribution in [2.24, 2.45) is 0 Å². The summed E-state index contributed by atoms with van der Waals surface area (Å²) in [7, 11) is 0. The second kappa shape index (κ2) is 11.9. The molecular weight excluding hydrogens is 597 g/mol. The Morgan fingerprint density at radius 3 is 1.90 bits per heavy atom. The third-order valence-electron chi connectivity index (χ3n) is 9.54. The quantitative estimate of drug-likeness (QED) is 0.193. The minimum absolute atomic E-state index is 0.337. The van der Waals surface area contributed by atoms with E-state index in [0.29, 0.717) is 5.56 Å². The number of rotatable bonds is 5. The summed E-state index contributed by atoms with van der Waals surface area (Å²) in [5.74, 6) is 0.789. The van der Waals surface area contributed by atoms with Gasteiger partial charge in [0.15, 0.2) is 6.23 Å². The van der Waals surface area contributed by atoms with Crippen LogP contribution in [0.3, 0.4) is 0 Å². The molecule has 0 radical (unpaired) electrons. The summed E-state index contributed by atoms with van der Waals surface area (Å²) >= 11 is 0. The molecule has 0 aromatic heterocycles. The molecule has 0 bridgehead atoms. The molecule has 1 atom stereocenters. The summed E-state index contributed by atoms with van der Waals surface area (Å²) in [6.07, 6.45) is -0.337. The molecule has 0 spiro atoms. The van der Waals surface area contributed by atoms with Crippen LogP contribution < -0.4 is 10.1 Å². The number of ether oxygens (including phenoxy) is 1. The van der Waals surface area contributed by atoms with E-state index in [2.05, 4.69) is 157 Å². The Balaban J connectivity index is 1.10. The van der Waals surface area contributed by atoms with Gasteiger partial charge < -0.3 is 10.1 Å². The van der Waals surface area contributed by atoms with Gasteiger partial charge in [-0.25, -0.2) is 0 Å². The molecule has 8 aromatic rings. The van der Waals surface area contributed by atoms with Crippen molar-refractivity contribution in [2.75, 3.05) is 5.32 Å². The topological polar surface area (TPSA) is 45.0 Å². The normalized spacial score (nSPS) is 13.4. The predicted molar refractivity (Wildman–Crippen MR) is 201 cm³/mol. The third kappa shape index (κ3) is 5.17. The average molecular weight is 627 g/mol. The Morgan fingerprint density at radius 1 is 0.469 bits per heavy atom. The maximum Gasteiger partial charge on any atom is 0.196 e. The highest BCUT2D eigenvalue weighted by Gasteiger charge is 2.27. The van der Waals surface area contributed by atoms with Gasteiger partial charge in [-0.1, -0.05) is 140 Å². The molecule has 1 N–H and O–H groups in total. The zero-order valence-corrected chi connectivity index (χ0v) is 26.6. The predicted octanol–water partition coefficient (Wildman–Crippen LogP) is 12.0. The second-order valence-electron chi connectivity index (χ2n) is 12.5. The van der Waals surface area contributed by atoms with Crippen molar-refractivity contribution in [2.45, 2.75) is 6.23 Å². The first kappa shape index (κ1) is 28.6. The lowest BCUT2D eigenvalue weighted by molar-refractivity contribution is 0.260. The molecular formula is C46H30N2O. The summed E-state index contributed by atoms with van der Waals surface area (Å²) in [5, 5.41) is 18.3. The van der Waals surface area contributed by atoms with Gasteiger partial charge in [0.2, 0.25) is 0 Å². The molecule has 0 aliphatic carbocycles. The Hall–Kier alpha value is -6.63. The number of hydrogen-bond acceptors (Lipinski definition) is 3. The van der Waals surface area contributed by atoms with Crippen LogP contribution in [0, 0.1) is 11.3 Å². The Kier molecular flexibility index (Phi) is 6.92. The first-order valence-electron chi connectivity index (χ1n) is 16.5. The van der Waals surface area contributed by atoms with Crippen LogP contribution in [-0.4, -0.2) is 0 Å². The van der Waals surface area contributed by atoms with Gasteiger partial charge in [-0.3, -0.25) is 0 Å². The van der Waals surface area contributed by atoms with Crippen molar-refractivity contribution in [1.29, 1.82) is 5.26 Å². The van der Waals surface area contributed by atoms with Gasteiger partial charge in [0.1, 0.15) is 5.75 Å². The van der Waals surface area contributed by atoms with Crippen LogP contribution in [0.5, 0.6) is 5.75 Å². The van der Waals surface area contributed by atoms with Gasteiger partial charge in [0.25, 0.3) is 0 Å². The number of nitriles is 1. The van der Waals surface area contributed by atoms with Crippen molar-refractivity contribution in [1.82, 2.24) is 0 Å². The summed E-state index contributed by atoms with van der Waals surface area (Å²) in [6, 6.07) is 61.7. The van der Waals surface area contributed by atoms with Crippen LogP contribution >= 0.6 is 0 Å². The highest BCUT2D eigenvalue weighted by Crippen LogP contribution is 2.47. The molecule has 1 aliphatic heterocycles. The van der Waals surface area contributed by atoms with E-state index >= 15 is 0 Å². The summed E-state index contributed by atoms with van der Waals surface area (Å²) in [6.45, 7) is 0. The van der Waals surface area contributed by atoms with Gasteiger partial charge in [0.05, 0.1) is 17.3 Å². The van der Waals surface area contributed by atoms with E-state index < -0.39 is 0 Å². The maximum absolute atomic E-state index is 9.68. The van der Waals surface area contributed by atoms with Gasteiger partial charge in [0, 0.05) is 11.1 Å². The van der Waals surface area contributed by atoms with Gasteiger partial charge in [-0.05, 0) is 90.8 Å². The highest BCUT2D eigenvalue weighted by molar-refractivity contribution is 6.13. The SMILES string of the molecule is N#Cc1cccc(-c2cc(-c3ccc(-c4cc5ccccc5c5ccccc45)cc3)cc3c2NC(c2ccc(-c4ccccc4)cc2)O3)c1. The number of hydrogen-bond donors (Lipinski definition) is 1. The summed E-state index contributed by atoms with van der Waals surface area (Å²) in [4.78, 5) is 0. The fraction of sp³-hybridized carbons (Fsp3) is 0.0217. The van der Waals surface area contributed by atoms with Gasteiger partial charge >= 0.3 is 0 Å². The minimum atomic E-state index is -0.337. The molecule has 3 nitrogen and oxygen atoms in total. The number of nitrogens with zero attached hydrogens (tertiary/aromatic N) is 1. The zero-order valence-electron chi connectivity index (χ0n) is 26.6. The second-order valence-corrected chi connectivity index (χ2v) is 12.5. The monoisotopic (exact) mass is 626 g/mol. The molecule has 0 saturated heterocycles.